The molecule has 1 heterocycles. The Bertz CT molecular complexity index is 983. The fourth-order valence-corrected chi connectivity index (χ4v) is 3.01. The Kier molecular flexibility index (Phi) is 3.78. The molecule has 4 heteroatoms. The lowest BCUT2D eigenvalue weighted by molar-refractivity contribution is 0.250. The minimum atomic E-state index is -0.149. The fourth-order valence-electron chi connectivity index (χ4n) is 3.01. The maximum atomic E-state index is 13.5. The maximum Gasteiger partial charge on any atom is 0.339 e. The van der Waals surface area contributed by atoms with Gasteiger partial charge in [0.2, 0.25) is 0 Å². The molecule has 0 atom stereocenters. The number of rotatable bonds is 2. The summed E-state index contributed by atoms with van der Waals surface area (Å²) < 4.78 is 1.66. The lowest BCUT2D eigenvalue weighted by Crippen LogP contribution is -2.31. The quantitative estimate of drug-likeness (QED) is 0.510. The summed E-state index contributed by atoms with van der Waals surface area (Å²) in [5.74, 6) is 0.670. The topological polar surface area (TPSA) is 38.1 Å². The van der Waals surface area contributed by atoms with Crippen LogP contribution in [-0.4, -0.2) is 15.6 Å². The molecule has 4 nitrogen and oxygen atoms in total. The van der Waals surface area contributed by atoms with Gasteiger partial charge in [0.05, 0.1) is 22.4 Å². The van der Waals surface area contributed by atoms with Crippen LogP contribution in [0.1, 0.15) is 5.82 Å². The van der Waals surface area contributed by atoms with E-state index in [2.05, 4.69) is 4.98 Å². The van der Waals surface area contributed by atoms with Gasteiger partial charge in [0.15, 0.2) is 0 Å². The number of fused-ring (bicyclic) bond motifs is 1. The number of carbonyl (C=O) groups is 1. The van der Waals surface area contributed by atoms with Crippen molar-refractivity contribution in [3.8, 4) is 0 Å². The minimum absolute atomic E-state index is 0.149. The molecular weight excluding hydrogens is 310 g/mol. The van der Waals surface area contributed by atoms with Crippen LogP contribution in [0.5, 0.6) is 0 Å². The van der Waals surface area contributed by atoms with Gasteiger partial charge >= 0.3 is 6.03 Å². The molecule has 0 aliphatic heterocycles. The van der Waals surface area contributed by atoms with Crippen LogP contribution in [0.25, 0.3) is 11.0 Å². The van der Waals surface area contributed by atoms with Gasteiger partial charge in [-0.05, 0) is 43.3 Å². The number of nitrogens with zero attached hydrogens (tertiary/aromatic N) is 3. The van der Waals surface area contributed by atoms with Gasteiger partial charge in [0.1, 0.15) is 5.82 Å². The Balaban J connectivity index is 1.90. The number of aromatic nitrogens is 2. The number of hydrogen-bond acceptors (Lipinski definition) is 2. The SMILES string of the molecule is Cc1nc2ccccc2n1C(=O)N(c1ccccc1)c1ccccc1. The van der Waals surface area contributed by atoms with E-state index in [0.717, 1.165) is 22.4 Å². The van der Waals surface area contributed by atoms with Crippen LogP contribution in [0.15, 0.2) is 84.9 Å². The lowest BCUT2D eigenvalue weighted by Gasteiger charge is -2.24. The summed E-state index contributed by atoms with van der Waals surface area (Å²) in [7, 11) is 0. The van der Waals surface area contributed by atoms with E-state index < -0.39 is 0 Å². The normalized spacial score (nSPS) is 10.8. The first-order valence-corrected chi connectivity index (χ1v) is 8.14. The molecule has 4 rings (SSSR count). The molecule has 0 radical (unpaired) electrons. The first-order chi connectivity index (χ1) is 12.3. The predicted molar refractivity (Wildman–Crippen MR) is 100 cm³/mol. The van der Waals surface area contributed by atoms with Crippen LogP contribution in [0.4, 0.5) is 16.2 Å². The van der Waals surface area contributed by atoms with E-state index in [-0.39, 0.29) is 6.03 Å². The molecule has 1 aromatic heterocycles. The number of aryl methyl sites for hydroxylation is 1. The van der Waals surface area contributed by atoms with Gasteiger partial charge in [0, 0.05) is 0 Å². The van der Waals surface area contributed by atoms with Gasteiger partial charge in [-0.15, -0.1) is 0 Å². The van der Waals surface area contributed by atoms with Crippen LogP contribution in [0.2, 0.25) is 0 Å². The summed E-state index contributed by atoms with van der Waals surface area (Å²) in [6.45, 7) is 1.85. The second-order valence-corrected chi connectivity index (χ2v) is 5.77. The zero-order chi connectivity index (χ0) is 17.2. The average Bonchev–Trinajstić information content (AvgIpc) is 2.99. The zero-order valence-corrected chi connectivity index (χ0v) is 13.8. The molecule has 0 bridgehead atoms. The predicted octanol–water partition coefficient (Wildman–Crippen LogP) is 5.15. The molecule has 4 aromatic rings. The zero-order valence-electron chi connectivity index (χ0n) is 13.8. The number of benzene rings is 3. The van der Waals surface area contributed by atoms with Crippen molar-refractivity contribution in [3.63, 3.8) is 0 Å². The van der Waals surface area contributed by atoms with Crippen LogP contribution in [0.3, 0.4) is 0 Å². The number of hydrogen-bond donors (Lipinski definition) is 0. The third-order valence-electron chi connectivity index (χ3n) is 4.14. The number of imidazole rings is 1. The van der Waals surface area contributed by atoms with E-state index in [1.807, 2.05) is 91.9 Å². The van der Waals surface area contributed by atoms with Gasteiger partial charge in [-0.3, -0.25) is 4.90 Å². The third-order valence-corrected chi connectivity index (χ3v) is 4.14. The number of carbonyl (C=O) groups excluding carboxylic acids is 1. The Morgan fingerprint density at radius 2 is 1.32 bits per heavy atom. The molecule has 0 unspecified atom stereocenters. The second kappa shape index (κ2) is 6.24. The van der Waals surface area contributed by atoms with E-state index in [9.17, 15) is 4.79 Å². The van der Waals surface area contributed by atoms with Gasteiger partial charge in [-0.1, -0.05) is 48.5 Å². The van der Waals surface area contributed by atoms with Crippen molar-refractivity contribution in [2.45, 2.75) is 6.92 Å². The van der Waals surface area contributed by atoms with Crippen molar-refractivity contribution >= 4 is 28.4 Å². The van der Waals surface area contributed by atoms with Crippen molar-refractivity contribution in [2.75, 3.05) is 4.90 Å². The summed E-state index contributed by atoms with van der Waals surface area (Å²) in [5.41, 5.74) is 3.25. The minimum Gasteiger partial charge on any atom is -0.262 e. The van der Waals surface area contributed by atoms with Gasteiger partial charge in [-0.25, -0.2) is 14.3 Å². The smallest absolute Gasteiger partial charge is 0.262 e. The highest BCUT2D eigenvalue weighted by Gasteiger charge is 2.23. The van der Waals surface area contributed by atoms with Gasteiger partial charge in [-0.2, -0.15) is 0 Å². The highest BCUT2D eigenvalue weighted by atomic mass is 16.2. The highest BCUT2D eigenvalue weighted by molar-refractivity contribution is 6.04. The molecular formula is C21H17N3O. The number of anilines is 2. The Hall–Kier alpha value is -3.40. The highest BCUT2D eigenvalue weighted by Crippen LogP contribution is 2.28. The summed E-state index contributed by atoms with van der Waals surface area (Å²) in [5, 5.41) is 0. The Labute approximate surface area is 146 Å². The molecule has 0 fully saturated rings. The van der Waals surface area contributed by atoms with E-state index in [0.29, 0.717) is 5.82 Å². The standard InChI is InChI=1S/C21H17N3O/c1-16-22-19-14-8-9-15-20(19)23(16)21(25)24(17-10-4-2-5-11-17)18-12-6-3-7-13-18/h2-15H,1H3. The van der Waals surface area contributed by atoms with Crippen molar-refractivity contribution in [1.82, 2.24) is 9.55 Å². The molecule has 1 amide bonds. The molecule has 0 spiro atoms. The van der Waals surface area contributed by atoms with Crippen molar-refractivity contribution in [3.05, 3.63) is 90.8 Å². The Morgan fingerprint density at radius 3 is 1.92 bits per heavy atom. The summed E-state index contributed by atoms with van der Waals surface area (Å²) >= 11 is 0. The molecule has 25 heavy (non-hydrogen) atoms. The van der Waals surface area contributed by atoms with Crippen molar-refractivity contribution in [2.24, 2.45) is 0 Å². The molecule has 0 N–H and O–H groups in total. The number of para-hydroxylation sites is 4. The van der Waals surface area contributed by atoms with Crippen molar-refractivity contribution in [1.29, 1.82) is 0 Å². The molecule has 0 saturated heterocycles. The van der Waals surface area contributed by atoms with Crippen LogP contribution in [0, 0.1) is 6.92 Å². The molecule has 122 valence electrons. The molecule has 0 aliphatic rings. The van der Waals surface area contributed by atoms with E-state index in [1.54, 1.807) is 9.47 Å². The maximum absolute atomic E-state index is 13.5. The fraction of sp³-hybridized carbons (Fsp3) is 0.0476. The average molecular weight is 327 g/mol. The second-order valence-electron chi connectivity index (χ2n) is 5.77. The number of amides is 1. The van der Waals surface area contributed by atoms with E-state index in [4.69, 9.17) is 0 Å². The van der Waals surface area contributed by atoms with Crippen LogP contribution < -0.4 is 4.90 Å². The van der Waals surface area contributed by atoms with E-state index >= 15 is 0 Å². The van der Waals surface area contributed by atoms with Crippen LogP contribution >= 0.6 is 0 Å². The molecule has 3 aromatic carbocycles. The first kappa shape index (κ1) is 15.1. The lowest BCUT2D eigenvalue weighted by atomic mass is 10.2. The van der Waals surface area contributed by atoms with E-state index in [1.165, 1.54) is 0 Å². The molecule has 0 aliphatic carbocycles. The third kappa shape index (κ3) is 2.68. The largest absolute Gasteiger partial charge is 0.339 e. The summed E-state index contributed by atoms with van der Waals surface area (Å²) in [6, 6.07) is 26.8. The van der Waals surface area contributed by atoms with Gasteiger partial charge in [0.25, 0.3) is 0 Å². The summed E-state index contributed by atoms with van der Waals surface area (Å²) in [6.07, 6.45) is 0. The van der Waals surface area contributed by atoms with Crippen molar-refractivity contribution < 1.29 is 4.79 Å². The summed E-state index contributed by atoms with van der Waals surface area (Å²) in [4.78, 5) is 19.7. The van der Waals surface area contributed by atoms with Crippen LogP contribution in [-0.2, 0) is 0 Å². The monoisotopic (exact) mass is 327 g/mol. The first-order valence-electron chi connectivity index (χ1n) is 8.14. The van der Waals surface area contributed by atoms with Gasteiger partial charge < -0.3 is 0 Å². The molecule has 0 saturated carbocycles. The Morgan fingerprint density at radius 1 is 0.800 bits per heavy atom.